The van der Waals surface area contributed by atoms with Crippen molar-refractivity contribution in [1.29, 1.82) is 0 Å². The predicted octanol–water partition coefficient (Wildman–Crippen LogP) is 2.57. The SMILES string of the molecule is CC1CCC(CNc2ccccc2S(N)(=O)=O)CC1. The molecule has 3 N–H and O–H groups in total. The average Bonchev–Trinajstić information content (AvgIpc) is 2.37. The number of rotatable bonds is 4. The van der Waals surface area contributed by atoms with E-state index in [2.05, 4.69) is 12.2 Å². The molecule has 0 unspecified atom stereocenters. The van der Waals surface area contributed by atoms with Crippen molar-refractivity contribution in [2.45, 2.75) is 37.5 Å². The van der Waals surface area contributed by atoms with Crippen LogP contribution < -0.4 is 10.5 Å². The first kappa shape index (κ1) is 14.3. The topological polar surface area (TPSA) is 72.2 Å². The van der Waals surface area contributed by atoms with Gasteiger partial charge in [0.2, 0.25) is 10.0 Å². The number of benzene rings is 1. The van der Waals surface area contributed by atoms with Crippen molar-refractivity contribution in [2.75, 3.05) is 11.9 Å². The van der Waals surface area contributed by atoms with E-state index >= 15 is 0 Å². The Morgan fingerprint density at radius 1 is 1.21 bits per heavy atom. The Balaban J connectivity index is 2.00. The van der Waals surface area contributed by atoms with Crippen LogP contribution in [0.3, 0.4) is 0 Å². The molecule has 5 heteroatoms. The Labute approximate surface area is 115 Å². The van der Waals surface area contributed by atoms with Gasteiger partial charge in [-0.15, -0.1) is 0 Å². The van der Waals surface area contributed by atoms with Crippen LogP contribution in [0.2, 0.25) is 0 Å². The number of primary sulfonamides is 1. The summed E-state index contributed by atoms with van der Waals surface area (Å²) in [6, 6.07) is 6.82. The molecule has 1 fully saturated rings. The van der Waals surface area contributed by atoms with Crippen LogP contribution in [-0.4, -0.2) is 15.0 Å². The fourth-order valence-corrected chi connectivity index (χ4v) is 3.36. The molecule has 0 bridgehead atoms. The second-order valence-electron chi connectivity index (χ2n) is 5.55. The molecule has 0 saturated heterocycles. The standard InChI is InChI=1S/C14H22N2O2S/c1-11-6-8-12(9-7-11)10-16-13-4-2-3-5-14(13)19(15,17)18/h2-5,11-12,16H,6-10H2,1H3,(H2,15,17,18). The number of nitrogens with one attached hydrogen (secondary N) is 1. The Kier molecular flexibility index (Phi) is 4.47. The Bertz CT molecular complexity index is 520. The van der Waals surface area contributed by atoms with Gasteiger partial charge in [-0.05, 0) is 36.8 Å². The van der Waals surface area contributed by atoms with Gasteiger partial charge in [0.05, 0.1) is 5.69 Å². The number of anilines is 1. The highest BCUT2D eigenvalue weighted by Gasteiger charge is 2.19. The van der Waals surface area contributed by atoms with Gasteiger partial charge in [-0.1, -0.05) is 31.9 Å². The van der Waals surface area contributed by atoms with Crippen molar-refractivity contribution in [2.24, 2.45) is 17.0 Å². The third-order valence-corrected chi connectivity index (χ3v) is 4.88. The van der Waals surface area contributed by atoms with Crippen molar-refractivity contribution in [3.8, 4) is 0 Å². The van der Waals surface area contributed by atoms with E-state index in [-0.39, 0.29) is 4.90 Å². The highest BCUT2D eigenvalue weighted by atomic mass is 32.2. The third kappa shape index (κ3) is 3.94. The smallest absolute Gasteiger partial charge is 0.240 e. The van der Waals surface area contributed by atoms with Crippen molar-refractivity contribution in [1.82, 2.24) is 0 Å². The van der Waals surface area contributed by atoms with Gasteiger partial charge in [-0.3, -0.25) is 0 Å². The number of para-hydroxylation sites is 1. The molecule has 0 amide bonds. The van der Waals surface area contributed by atoms with E-state index in [0.29, 0.717) is 11.6 Å². The molecular weight excluding hydrogens is 260 g/mol. The van der Waals surface area contributed by atoms with Crippen LogP contribution >= 0.6 is 0 Å². The lowest BCUT2D eigenvalue weighted by atomic mass is 9.83. The minimum absolute atomic E-state index is 0.180. The molecule has 1 aromatic rings. The molecule has 4 nitrogen and oxygen atoms in total. The molecule has 1 saturated carbocycles. The molecule has 1 aliphatic rings. The van der Waals surface area contributed by atoms with E-state index in [0.717, 1.165) is 12.5 Å². The molecular formula is C14H22N2O2S. The molecule has 2 rings (SSSR count). The summed E-state index contributed by atoms with van der Waals surface area (Å²) in [6.45, 7) is 3.11. The lowest BCUT2D eigenvalue weighted by molar-refractivity contribution is 0.300. The van der Waals surface area contributed by atoms with Gasteiger partial charge in [-0.25, -0.2) is 13.6 Å². The highest BCUT2D eigenvalue weighted by Crippen LogP contribution is 2.29. The molecule has 0 spiro atoms. The summed E-state index contributed by atoms with van der Waals surface area (Å²) in [5.41, 5.74) is 0.614. The maximum atomic E-state index is 11.5. The maximum absolute atomic E-state index is 11.5. The van der Waals surface area contributed by atoms with Gasteiger partial charge in [0.15, 0.2) is 0 Å². The van der Waals surface area contributed by atoms with E-state index in [4.69, 9.17) is 5.14 Å². The fraction of sp³-hybridized carbons (Fsp3) is 0.571. The van der Waals surface area contributed by atoms with Crippen molar-refractivity contribution in [3.63, 3.8) is 0 Å². The van der Waals surface area contributed by atoms with E-state index in [9.17, 15) is 8.42 Å². The van der Waals surface area contributed by atoms with Gasteiger partial charge in [0.1, 0.15) is 4.90 Å². The molecule has 1 aromatic carbocycles. The Hall–Kier alpha value is -1.07. The van der Waals surface area contributed by atoms with Crippen molar-refractivity contribution in [3.05, 3.63) is 24.3 Å². The fourth-order valence-electron chi connectivity index (χ4n) is 2.65. The Morgan fingerprint density at radius 2 is 1.84 bits per heavy atom. The normalized spacial score (nSPS) is 24.1. The first-order chi connectivity index (χ1) is 8.97. The zero-order valence-electron chi connectivity index (χ0n) is 11.3. The van der Waals surface area contributed by atoms with Crippen LogP contribution in [0.25, 0.3) is 0 Å². The molecule has 0 aliphatic heterocycles. The van der Waals surface area contributed by atoms with Crippen LogP contribution in [-0.2, 0) is 10.0 Å². The molecule has 0 radical (unpaired) electrons. The molecule has 0 heterocycles. The van der Waals surface area contributed by atoms with Crippen LogP contribution in [0.5, 0.6) is 0 Å². The first-order valence-electron chi connectivity index (χ1n) is 6.82. The summed E-state index contributed by atoms with van der Waals surface area (Å²) in [5.74, 6) is 1.46. The van der Waals surface area contributed by atoms with Crippen molar-refractivity contribution < 1.29 is 8.42 Å². The molecule has 106 valence electrons. The lowest BCUT2D eigenvalue weighted by Gasteiger charge is -2.26. The largest absolute Gasteiger partial charge is 0.384 e. The van der Waals surface area contributed by atoms with Crippen LogP contribution in [0.1, 0.15) is 32.6 Å². The average molecular weight is 282 g/mol. The van der Waals surface area contributed by atoms with Crippen LogP contribution in [0.15, 0.2) is 29.2 Å². The summed E-state index contributed by atoms with van der Waals surface area (Å²) in [7, 11) is -3.66. The zero-order chi connectivity index (χ0) is 13.9. The third-order valence-electron chi connectivity index (χ3n) is 3.91. The highest BCUT2D eigenvalue weighted by molar-refractivity contribution is 7.89. The van der Waals surface area contributed by atoms with Gasteiger partial charge < -0.3 is 5.32 Å². The maximum Gasteiger partial charge on any atom is 0.240 e. The lowest BCUT2D eigenvalue weighted by Crippen LogP contribution is -2.21. The minimum atomic E-state index is -3.66. The molecule has 0 aromatic heterocycles. The van der Waals surface area contributed by atoms with Gasteiger partial charge in [-0.2, -0.15) is 0 Å². The number of nitrogens with two attached hydrogens (primary N) is 1. The van der Waals surface area contributed by atoms with E-state index < -0.39 is 10.0 Å². The van der Waals surface area contributed by atoms with Gasteiger partial charge in [0, 0.05) is 6.54 Å². The zero-order valence-corrected chi connectivity index (χ0v) is 12.1. The Morgan fingerprint density at radius 3 is 2.47 bits per heavy atom. The molecule has 0 atom stereocenters. The predicted molar refractivity (Wildman–Crippen MR) is 77.4 cm³/mol. The molecule has 1 aliphatic carbocycles. The number of hydrogen-bond donors (Lipinski definition) is 2. The van der Waals surface area contributed by atoms with Crippen molar-refractivity contribution >= 4 is 15.7 Å². The van der Waals surface area contributed by atoms with E-state index in [1.54, 1.807) is 18.2 Å². The quantitative estimate of drug-likeness (QED) is 0.891. The molecule has 19 heavy (non-hydrogen) atoms. The minimum Gasteiger partial charge on any atom is -0.384 e. The van der Waals surface area contributed by atoms with Crippen LogP contribution in [0.4, 0.5) is 5.69 Å². The summed E-state index contributed by atoms with van der Waals surface area (Å²) in [5, 5.41) is 8.46. The van der Waals surface area contributed by atoms with Gasteiger partial charge >= 0.3 is 0 Å². The van der Waals surface area contributed by atoms with E-state index in [1.165, 1.54) is 25.7 Å². The van der Waals surface area contributed by atoms with Crippen LogP contribution in [0, 0.1) is 11.8 Å². The number of hydrogen-bond acceptors (Lipinski definition) is 3. The first-order valence-corrected chi connectivity index (χ1v) is 8.37. The summed E-state index contributed by atoms with van der Waals surface area (Å²) in [4.78, 5) is 0.180. The van der Waals surface area contributed by atoms with Gasteiger partial charge in [0.25, 0.3) is 0 Å². The summed E-state index contributed by atoms with van der Waals surface area (Å²) >= 11 is 0. The number of sulfonamides is 1. The second kappa shape index (κ2) is 5.92. The second-order valence-corrected chi connectivity index (χ2v) is 7.08. The summed E-state index contributed by atoms with van der Waals surface area (Å²) in [6.07, 6.45) is 4.96. The monoisotopic (exact) mass is 282 g/mol. The summed E-state index contributed by atoms with van der Waals surface area (Å²) < 4.78 is 23.0. The van der Waals surface area contributed by atoms with E-state index in [1.807, 2.05) is 6.07 Å².